The smallest absolute Gasteiger partial charge is 0.166 e. The molecule has 0 fully saturated rings. The highest BCUT2D eigenvalue weighted by molar-refractivity contribution is 6.04. The Bertz CT molecular complexity index is 935. The van der Waals surface area contributed by atoms with Crippen molar-refractivity contribution in [2.75, 3.05) is 0 Å². The van der Waals surface area contributed by atoms with Gasteiger partial charge in [0.25, 0.3) is 0 Å². The molecule has 0 aliphatic carbocycles. The van der Waals surface area contributed by atoms with Crippen LogP contribution in [-0.4, -0.2) is 20.6 Å². The van der Waals surface area contributed by atoms with Gasteiger partial charge in [-0.1, -0.05) is 0 Å². The predicted molar refractivity (Wildman–Crippen MR) is 73.9 cm³/mol. The van der Waals surface area contributed by atoms with E-state index in [0.717, 1.165) is 23.0 Å². The van der Waals surface area contributed by atoms with E-state index < -0.39 is 41.2 Å². The quantitative estimate of drug-likeness (QED) is 0.336. The van der Waals surface area contributed by atoms with Crippen LogP contribution < -0.4 is 5.73 Å². The van der Waals surface area contributed by atoms with Crippen LogP contribution in [0.4, 0.5) is 17.6 Å². The number of aromatic nitrogens is 3. The van der Waals surface area contributed by atoms with Crippen molar-refractivity contribution >= 4 is 16.9 Å². The van der Waals surface area contributed by atoms with Crippen molar-refractivity contribution in [3.63, 3.8) is 0 Å². The zero-order valence-corrected chi connectivity index (χ0v) is 11.4. The van der Waals surface area contributed by atoms with Gasteiger partial charge in [0.15, 0.2) is 17.3 Å². The van der Waals surface area contributed by atoms with Gasteiger partial charge >= 0.3 is 0 Å². The van der Waals surface area contributed by atoms with E-state index in [2.05, 4.69) is 10.1 Å². The zero-order chi connectivity index (χ0) is 16.7. The first kappa shape index (κ1) is 14.9. The summed E-state index contributed by atoms with van der Waals surface area (Å²) in [4.78, 5) is 3.80. The molecule has 0 bridgehead atoms. The monoisotopic (exact) mass is 323 g/mol. The Morgan fingerprint density at radius 3 is 2.57 bits per heavy atom. The lowest BCUT2D eigenvalue weighted by atomic mass is 10.2. The second kappa shape index (κ2) is 5.34. The van der Waals surface area contributed by atoms with Gasteiger partial charge in [-0.25, -0.2) is 27.2 Å². The van der Waals surface area contributed by atoms with Gasteiger partial charge in [0, 0.05) is 5.56 Å². The minimum atomic E-state index is -1.35. The molecule has 118 valence electrons. The van der Waals surface area contributed by atoms with Crippen molar-refractivity contribution in [1.29, 1.82) is 5.41 Å². The second-order valence-corrected chi connectivity index (χ2v) is 4.77. The maximum Gasteiger partial charge on any atom is 0.166 e. The number of amidine groups is 1. The lowest BCUT2D eigenvalue weighted by Crippen LogP contribution is -2.14. The lowest BCUT2D eigenvalue weighted by Gasteiger charge is -2.06. The Morgan fingerprint density at radius 1 is 1.17 bits per heavy atom. The number of hydrogen-bond donors (Lipinski definition) is 2. The molecule has 1 aromatic carbocycles. The van der Waals surface area contributed by atoms with E-state index in [-0.39, 0.29) is 16.7 Å². The van der Waals surface area contributed by atoms with E-state index >= 15 is 0 Å². The molecular formula is C14H9F4N5. The number of fused-ring (bicyclic) bond motifs is 1. The fraction of sp³-hybridized carbons (Fsp3) is 0.0714. The maximum atomic E-state index is 13.8. The van der Waals surface area contributed by atoms with Crippen LogP contribution in [0.3, 0.4) is 0 Å². The van der Waals surface area contributed by atoms with Gasteiger partial charge in [0.05, 0.1) is 18.1 Å². The minimum absolute atomic E-state index is 0.0691. The van der Waals surface area contributed by atoms with Gasteiger partial charge in [-0.15, -0.1) is 0 Å². The van der Waals surface area contributed by atoms with E-state index in [4.69, 9.17) is 11.1 Å². The summed E-state index contributed by atoms with van der Waals surface area (Å²) in [6, 6.07) is 2.52. The van der Waals surface area contributed by atoms with E-state index in [1.807, 2.05) is 0 Å². The van der Waals surface area contributed by atoms with Crippen molar-refractivity contribution in [1.82, 2.24) is 14.8 Å². The van der Waals surface area contributed by atoms with Crippen LogP contribution in [0.15, 0.2) is 24.4 Å². The SMILES string of the molecule is N=C(N)c1nn(Cc2c(F)ccc(F)c2F)c2ncc(F)cc12. The topological polar surface area (TPSA) is 80.6 Å². The standard InChI is InChI=1S/C14H9F4N5/c15-6-3-7-12(13(19)20)22-23(14(7)21-4-6)5-8-9(16)1-2-10(17)11(8)18/h1-4H,5H2,(H3,19,20). The Hall–Kier alpha value is -2.97. The van der Waals surface area contributed by atoms with Crippen LogP contribution in [0, 0.1) is 28.7 Å². The van der Waals surface area contributed by atoms with E-state index in [1.54, 1.807) is 0 Å². The zero-order valence-electron chi connectivity index (χ0n) is 11.4. The summed E-state index contributed by atoms with van der Waals surface area (Å²) in [5.41, 5.74) is 4.80. The van der Waals surface area contributed by atoms with Gasteiger partial charge < -0.3 is 5.73 Å². The largest absolute Gasteiger partial charge is 0.382 e. The van der Waals surface area contributed by atoms with Crippen LogP contribution in [0.5, 0.6) is 0 Å². The molecule has 0 atom stereocenters. The van der Waals surface area contributed by atoms with Crippen molar-refractivity contribution in [3.8, 4) is 0 Å². The number of pyridine rings is 1. The summed E-state index contributed by atoms with van der Waals surface area (Å²) in [5.74, 6) is -4.65. The normalized spacial score (nSPS) is 11.1. The van der Waals surface area contributed by atoms with Gasteiger partial charge in [0.2, 0.25) is 0 Å². The molecular weight excluding hydrogens is 314 g/mol. The highest BCUT2D eigenvalue weighted by atomic mass is 19.2. The molecule has 0 unspecified atom stereocenters. The Kier molecular flexibility index (Phi) is 3.47. The number of nitrogen functional groups attached to an aromatic ring is 1. The molecule has 3 aromatic rings. The highest BCUT2D eigenvalue weighted by Crippen LogP contribution is 2.21. The first-order valence-electron chi connectivity index (χ1n) is 6.37. The molecule has 0 radical (unpaired) electrons. The van der Waals surface area contributed by atoms with Crippen LogP contribution in [0.1, 0.15) is 11.3 Å². The first-order valence-corrected chi connectivity index (χ1v) is 6.37. The Labute approximate surface area is 126 Å². The molecule has 0 aliphatic heterocycles. The van der Waals surface area contributed by atoms with Gasteiger partial charge in [-0.2, -0.15) is 5.10 Å². The number of hydrogen-bond acceptors (Lipinski definition) is 3. The summed E-state index contributed by atoms with van der Waals surface area (Å²) >= 11 is 0. The van der Waals surface area contributed by atoms with Crippen LogP contribution in [0.25, 0.3) is 11.0 Å². The number of rotatable bonds is 3. The lowest BCUT2D eigenvalue weighted by molar-refractivity contribution is 0.471. The summed E-state index contributed by atoms with van der Waals surface area (Å²) in [6.07, 6.45) is 0.892. The van der Waals surface area contributed by atoms with Crippen LogP contribution in [0.2, 0.25) is 0 Å². The molecule has 3 rings (SSSR count). The third-order valence-corrected chi connectivity index (χ3v) is 3.26. The number of nitrogens with zero attached hydrogens (tertiary/aromatic N) is 3. The van der Waals surface area contributed by atoms with E-state index in [0.29, 0.717) is 6.07 Å². The number of nitrogens with two attached hydrogens (primary N) is 1. The number of benzene rings is 1. The van der Waals surface area contributed by atoms with E-state index in [9.17, 15) is 17.6 Å². The summed E-state index contributed by atoms with van der Waals surface area (Å²) < 4.78 is 55.1. The Morgan fingerprint density at radius 2 is 1.87 bits per heavy atom. The Balaban J connectivity index is 2.19. The molecule has 0 saturated heterocycles. The fourth-order valence-electron chi connectivity index (χ4n) is 2.21. The summed E-state index contributed by atoms with van der Waals surface area (Å²) in [5, 5.41) is 11.5. The summed E-state index contributed by atoms with van der Waals surface area (Å²) in [7, 11) is 0. The minimum Gasteiger partial charge on any atom is -0.382 e. The molecule has 3 N–H and O–H groups in total. The molecule has 0 amide bonds. The fourth-order valence-corrected chi connectivity index (χ4v) is 2.21. The number of nitrogens with one attached hydrogen (secondary N) is 1. The highest BCUT2D eigenvalue weighted by Gasteiger charge is 2.19. The van der Waals surface area contributed by atoms with Crippen molar-refractivity contribution < 1.29 is 17.6 Å². The average molecular weight is 323 g/mol. The summed E-state index contributed by atoms with van der Waals surface area (Å²) in [6.45, 7) is -0.488. The van der Waals surface area contributed by atoms with E-state index in [1.165, 1.54) is 0 Å². The number of halogens is 4. The predicted octanol–water partition coefficient (Wildman–Crippen LogP) is 2.32. The van der Waals surface area contributed by atoms with Gasteiger partial charge in [0.1, 0.15) is 23.2 Å². The van der Waals surface area contributed by atoms with Crippen molar-refractivity contribution in [2.24, 2.45) is 5.73 Å². The molecule has 5 nitrogen and oxygen atoms in total. The average Bonchev–Trinajstić information content (AvgIpc) is 2.85. The molecule has 23 heavy (non-hydrogen) atoms. The third kappa shape index (κ3) is 2.50. The third-order valence-electron chi connectivity index (χ3n) is 3.26. The van der Waals surface area contributed by atoms with Crippen LogP contribution >= 0.6 is 0 Å². The van der Waals surface area contributed by atoms with Crippen LogP contribution in [-0.2, 0) is 6.54 Å². The maximum absolute atomic E-state index is 13.8. The molecule has 9 heteroatoms. The molecule has 0 aliphatic rings. The van der Waals surface area contributed by atoms with Gasteiger partial charge in [-0.3, -0.25) is 5.41 Å². The van der Waals surface area contributed by atoms with Crippen molar-refractivity contribution in [3.05, 3.63) is 58.9 Å². The molecule has 0 spiro atoms. The molecule has 2 aromatic heterocycles. The van der Waals surface area contributed by atoms with Gasteiger partial charge in [-0.05, 0) is 18.2 Å². The molecule has 0 saturated carbocycles. The second-order valence-electron chi connectivity index (χ2n) is 4.77. The molecule has 2 heterocycles. The van der Waals surface area contributed by atoms with Crippen molar-refractivity contribution in [2.45, 2.75) is 6.54 Å². The first-order chi connectivity index (χ1) is 10.9.